The molecule has 66 valence electrons. The van der Waals surface area contributed by atoms with E-state index in [4.69, 9.17) is 5.26 Å². The second-order valence-corrected chi connectivity index (χ2v) is 3.83. The van der Waals surface area contributed by atoms with E-state index in [1.165, 1.54) is 30.4 Å². The van der Waals surface area contributed by atoms with Crippen LogP contribution in [0.1, 0.15) is 41.9 Å². The minimum Gasteiger partial charge on any atom is -0.192 e. The van der Waals surface area contributed by atoms with Crippen molar-refractivity contribution in [1.82, 2.24) is 0 Å². The van der Waals surface area contributed by atoms with E-state index in [-0.39, 0.29) is 0 Å². The first-order valence-electron chi connectivity index (χ1n) is 4.82. The normalized spacial score (nSPS) is 16.3. The molecule has 1 aliphatic rings. The fourth-order valence-electron chi connectivity index (χ4n) is 1.84. The Balaban J connectivity index is 2.41. The summed E-state index contributed by atoms with van der Waals surface area (Å²) < 4.78 is 0. The van der Waals surface area contributed by atoms with Gasteiger partial charge >= 0.3 is 0 Å². The molecular weight excluding hydrogens is 158 g/mol. The molecule has 0 atom stereocenters. The lowest BCUT2D eigenvalue weighted by molar-refractivity contribution is 0.419. The molecule has 0 saturated heterocycles. The lowest BCUT2D eigenvalue weighted by atomic mass is 9.78. The standard InChI is InChI=1S/C12H13N/c1-9-5-6-11(8-13)12(7-9)10-3-2-4-10/h5-7,10H,2-4H2,1H3. The van der Waals surface area contributed by atoms with Crippen molar-refractivity contribution in [2.75, 3.05) is 0 Å². The highest BCUT2D eigenvalue weighted by Gasteiger charge is 2.21. The van der Waals surface area contributed by atoms with Gasteiger partial charge in [-0.05, 0) is 37.3 Å². The van der Waals surface area contributed by atoms with Gasteiger partial charge < -0.3 is 0 Å². The Kier molecular flexibility index (Phi) is 2.06. The van der Waals surface area contributed by atoms with Gasteiger partial charge in [0.15, 0.2) is 0 Å². The fourth-order valence-corrected chi connectivity index (χ4v) is 1.84. The number of nitriles is 1. The molecule has 1 aromatic carbocycles. The van der Waals surface area contributed by atoms with Gasteiger partial charge in [-0.2, -0.15) is 5.26 Å². The number of hydrogen-bond acceptors (Lipinski definition) is 1. The highest BCUT2D eigenvalue weighted by atomic mass is 14.3. The predicted molar refractivity (Wildman–Crippen MR) is 52.5 cm³/mol. The highest BCUT2D eigenvalue weighted by Crippen LogP contribution is 2.38. The topological polar surface area (TPSA) is 23.8 Å². The third-order valence-corrected chi connectivity index (χ3v) is 2.87. The van der Waals surface area contributed by atoms with Crippen molar-refractivity contribution >= 4 is 0 Å². The zero-order chi connectivity index (χ0) is 9.26. The molecule has 1 nitrogen and oxygen atoms in total. The largest absolute Gasteiger partial charge is 0.192 e. The second kappa shape index (κ2) is 3.22. The number of benzene rings is 1. The van der Waals surface area contributed by atoms with E-state index in [0.717, 1.165) is 5.56 Å². The van der Waals surface area contributed by atoms with Crippen LogP contribution in [0.15, 0.2) is 18.2 Å². The SMILES string of the molecule is Cc1ccc(C#N)c(C2CCC2)c1. The van der Waals surface area contributed by atoms with Gasteiger partial charge in [-0.3, -0.25) is 0 Å². The second-order valence-electron chi connectivity index (χ2n) is 3.83. The van der Waals surface area contributed by atoms with E-state index in [1.807, 2.05) is 12.1 Å². The molecule has 0 aliphatic heterocycles. The molecule has 0 unspecified atom stereocenters. The van der Waals surface area contributed by atoms with Crippen LogP contribution in [-0.2, 0) is 0 Å². The molecule has 0 amide bonds. The van der Waals surface area contributed by atoms with Crippen LogP contribution in [0, 0.1) is 18.3 Å². The quantitative estimate of drug-likeness (QED) is 0.636. The fraction of sp³-hybridized carbons (Fsp3) is 0.417. The molecule has 1 heteroatoms. The summed E-state index contributed by atoms with van der Waals surface area (Å²) in [7, 11) is 0. The summed E-state index contributed by atoms with van der Waals surface area (Å²) in [5.74, 6) is 0.662. The Hall–Kier alpha value is -1.29. The maximum atomic E-state index is 8.93. The van der Waals surface area contributed by atoms with Crippen LogP contribution in [0.25, 0.3) is 0 Å². The van der Waals surface area contributed by atoms with Crippen molar-refractivity contribution in [3.63, 3.8) is 0 Å². The molecule has 0 heterocycles. The van der Waals surface area contributed by atoms with Crippen LogP contribution in [0.3, 0.4) is 0 Å². The van der Waals surface area contributed by atoms with Crippen molar-refractivity contribution in [1.29, 1.82) is 5.26 Å². The van der Waals surface area contributed by atoms with Crippen molar-refractivity contribution in [2.45, 2.75) is 32.1 Å². The summed E-state index contributed by atoms with van der Waals surface area (Å²) in [5, 5.41) is 8.93. The van der Waals surface area contributed by atoms with Gasteiger partial charge in [0.25, 0.3) is 0 Å². The highest BCUT2D eigenvalue weighted by molar-refractivity contribution is 5.42. The molecule has 0 spiro atoms. The first-order chi connectivity index (χ1) is 6.31. The molecular formula is C12H13N. The Morgan fingerprint density at radius 3 is 2.69 bits per heavy atom. The van der Waals surface area contributed by atoms with Gasteiger partial charge in [-0.25, -0.2) is 0 Å². The average molecular weight is 171 g/mol. The molecule has 1 saturated carbocycles. The van der Waals surface area contributed by atoms with Crippen molar-refractivity contribution < 1.29 is 0 Å². The number of aryl methyl sites for hydroxylation is 1. The molecule has 1 aliphatic carbocycles. The summed E-state index contributed by atoms with van der Waals surface area (Å²) in [4.78, 5) is 0. The van der Waals surface area contributed by atoms with E-state index >= 15 is 0 Å². The summed E-state index contributed by atoms with van der Waals surface area (Å²) in [6, 6.07) is 8.40. The summed E-state index contributed by atoms with van der Waals surface area (Å²) in [6.45, 7) is 2.09. The molecule has 1 aromatic rings. The molecule has 1 fully saturated rings. The first kappa shape index (κ1) is 8.31. The van der Waals surface area contributed by atoms with Crippen LogP contribution >= 0.6 is 0 Å². The smallest absolute Gasteiger partial charge is 0.0994 e. The van der Waals surface area contributed by atoms with Gasteiger partial charge in [-0.15, -0.1) is 0 Å². The van der Waals surface area contributed by atoms with Gasteiger partial charge in [0.05, 0.1) is 11.6 Å². The molecule has 13 heavy (non-hydrogen) atoms. The lowest BCUT2D eigenvalue weighted by Gasteiger charge is -2.26. The van der Waals surface area contributed by atoms with E-state index in [2.05, 4.69) is 19.1 Å². The Morgan fingerprint density at radius 2 is 2.15 bits per heavy atom. The third kappa shape index (κ3) is 1.45. The van der Waals surface area contributed by atoms with Crippen molar-refractivity contribution in [3.05, 3.63) is 34.9 Å². The zero-order valence-corrected chi connectivity index (χ0v) is 7.88. The number of hydrogen-bond donors (Lipinski definition) is 0. The monoisotopic (exact) mass is 171 g/mol. The molecule has 0 bridgehead atoms. The van der Waals surface area contributed by atoms with Gasteiger partial charge in [0, 0.05) is 0 Å². The third-order valence-electron chi connectivity index (χ3n) is 2.87. The van der Waals surface area contributed by atoms with Crippen LogP contribution < -0.4 is 0 Å². The molecule has 0 N–H and O–H groups in total. The van der Waals surface area contributed by atoms with E-state index in [9.17, 15) is 0 Å². The van der Waals surface area contributed by atoms with E-state index < -0.39 is 0 Å². The zero-order valence-electron chi connectivity index (χ0n) is 7.88. The predicted octanol–water partition coefficient (Wildman–Crippen LogP) is 3.13. The Labute approximate surface area is 79.0 Å². The van der Waals surface area contributed by atoms with E-state index in [1.54, 1.807) is 0 Å². The Bertz CT molecular complexity index is 356. The van der Waals surface area contributed by atoms with Crippen LogP contribution in [0.2, 0.25) is 0 Å². The van der Waals surface area contributed by atoms with Crippen LogP contribution in [-0.4, -0.2) is 0 Å². The van der Waals surface area contributed by atoms with Gasteiger partial charge in [0.2, 0.25) is 0 Å². The molecule has 0 aromatic heterocycles. The summed E-state index contributed by atoms with van der Waals surface area (Å²) in [6.07, 6.45) is 3.85. The average Bonchev–Trinajstić information content (AvgIpc) is 2.02. The molecule has 0 radical (unpaired) electrons. The maximum Gasteiger partial charge on any atom is 0.0994 e. The van der Waals surface area contributed by atoms with Crippen molar-refractivity contribution in [3.8, 4) is 6.07 Å². The van der Waals surface area contributed by atoms with Gasteiger partial charge in [-0.1, -0.05) is 24.1 Å². The van der Waals surface area contributed by atoms with Crippen LogP contribution in [0.5, 0.6) is 0 Å². The summed E-state index contributed by atoms with van der Waals surface area (Å²) >= 11 is 0. The van der Waals surface area contributed by atoms with Crippen molar-refractivity contribution in [2.24, 2.45) is 0 Å². The van der Waals surface area contributed by atoms with Gasteiger partial charge in [0.1, 0.15) is 0 Å². The van der Waals surface area contributed by atoms with E-state index in [0.29, 0.717) is 5.92 Å². The minimum atomic E-state index is 0.662. The first-order valence-corrected chi connectivity index (χ1v) is 4.82. The summed E-state index contributed by atoms with van der Waals surface area (Å²) in [5.41, 5.74) is 3.41. The lowest BCUT2D eigenvalue weighted by Crippen LogP contribution is -2.10. The molecule has 2 rings (SSSR count). The van der Waals surface area contributed by atoms with Crippen LogP contribution in [0.4, 0.5) is 0 Å². The number of nitrogens with zero attached hydrogens (tertiary/aromatic N) is 1. The number of rotatable bonds is 1. The minimum absolute atomic E-state index is 0.662. The maximum absolute atomic E-state index is 8.93. The Morgan fingerprint density at radius 1 is 1.38 bits per heavy atom.